The minimum Gasteiger partial charge on any atom is -0.388 e. The third kappa shape index (κ3) is 19.9. The molecule has 51 heavy (non-hydrogen) atoms. The highest BCUT2D eigenvalue weighted by Crippen LogP contribution is 2.27. The molecule has 0 radical (unpaired) electrons. The minimum atomic E-state index is -0.331. The van der Waals surface area contributed by atoms with E-state index in [0.717, 1.165) is 42.2 Å². The number of anilines is 1. The first-order chi connectivity index (χ1) is 24.2. The summed E-state index contributed by atoms with van der Waals surface area (Å²) in [5, 5.41) is 14.2. The summed E-state index contributed by atoms with van der Waals surface area (Å²) in [6.45, 7) is 7.56. The van der Waals surface area contributed by atoms with Gasteiger partial charge in [0.05, 0.1) is 17.2 Å². The summed E-state index contributed by atoms with van der Waals surface area (Å²) in [5.41, 5.74) is 5.01. The molecule has 11 nitrogen and oxygen atoms in total. The molecule has 1 aliphatic carbocycles. The summed E-state index contributed by atoms with van der Waals surface area (Å²) in [4.78, 5) is 44.4. The number of amides is 3. The smallest absolute Gasteiger partial charge is 0.251 e. The number of thiazole rings is 1. The summed E-state index contributed by atoms with van der Waals surface area (Å²) >= 11 is 1.53. The molecule has 0 saturated heterocycles. The number of nitrogens with one attached hydrogen (secondary N) is 4. The van der Waals surface area contributed by atoms with Crippen LogP contribution in [0.5, 0.6) is 0 Å². The van der Waals surface area contributed by atoms with Crippen LogP contribution in [0.15, 0.2) is 53.4 Å². The van der Waals surface area contributed by atoms with Crippen LogP contribution < -0.4 is 26.2 Å². The summed E-state index contributed by atoms with van der Waals surface area (Å²) in [6.07, 6.45) is 4.96. The van der Waals surface area contributed by atoms with Crippen molar-refractivity contribution in [2.24, 2.45) is 5.92 Å². The maximum Gasteiger partial charge on any atom is 0.251 e. The van der Waals surface area contributed by atoms with E-state index in [0.29, 0.717) is 30.1 Å². The average Bonchev–Trinajstić information content (AvgIpc) is 3.78. The number of ether oxygens (including phenoxy) is 1. The van der Waals surface area contributed by atoms with Gasteiger partial charge in [-0.3, -0.25) is 14.4 Å². The van der Waals surface area contributed by atoms with Crippen LogP contribution in [0.4, 0.5) is 10.1 Å². The van der Waals surface area contributed by atoms with Gasteiger partial charge in [0.2, 0.25) is 6.41 Å². The SMILES string of the molecule is CC[C@@H](C)NC[C@H](Cc1cscn1)NC(=O)c1cc(C(=O)N[C@H](C)c2ccc(F)cc2)cc(N(C)C)c1.CN(C)C.COC.O=CNCC1CC1. The molecule has 0 spiro atoms. The molecule has 284 valence electrons. The highest BCUT2D eigenvalue weighted by Gasteiger charge is 2.21. The van der Waals surface area contributed by atoms with Gasteiger partial charge in [-0.25, -0.2) is 9.37 Å². The fourth-order valence-corrected chi connectivity index (χ4v) is 4.88. The molecule has 3 amide bonds. The van der Waals surface area contributed by atoms with Crippen molar-refractivity contribution in [3.8, 4) is 0 Å². The van der Waals surface area contributed by atoms with Crippen LogP contribution in [-0.2, 0) is 16.0 Å². The Bertz CT molecular complexity index is 1400. The second-order valence-corrected chi connectivity index (χ2v) is 13.9. The molecule has 3 atom stereocenters. The van der Waals surface area contributed by atoms with Gasteiger partial charge in [0.15, 0.2) is 0 Å². The molecule has 4 rings (SSSR count). The van der Waals surface area contributed by atoms with E-state index in [9.17, 15) is 18.8 Å². The van der Waals surface area contributed by atoms with Crippen molar-refractivity contribution >= 4 is 35.2 Å². The van der Waals surface area contributed by atoms with Gasteiger partial charge >= 0.3 is 0 Å². The van der Waals surface area contributed by atoms with Crippen LogP contribution in [-0.4, -0.2) is 103 Å². The number of carbonyl (C=O) groups is 3. The molecule has 1 heterocycles. The van der Waals surface area contributed by atoms with Gasteiger partial charge in [0.25, 0.3) is 11.8 Å². The number of aromatic nitrogens is 1. The predicted molar refractivity (Wildman–Crippen MR) is 207 cm³/mol. The minimum absolute atomic E-state index is 0.164. The van der Waals surface area contributed by atoms with Crippen molar-refractivity contribution in [1.82, 2.24) is 31.2 Å². The van der Waals surface area contributed by atoms with Gasteiger partial charge in [-0.15, -0.1) is 11.3 Å². The Morgan fingerprint density at radius 3 is 2.04 bits per heavy atom. The zero-order valence-corrected chi connectivity index (χ0v) is 32.9. The molecule has 0 aliphatic heterocycles. The lowest BCUT2D eigenvalue weighted by molar-refractivity contribution is -0.109. The molecular weight excluding hydrogens is 670 g/mol. The molecule has 13 heteroatoms. The van der Waals surface area contributed by atoms with Gasteiger partial charge in [0.1, 0.15) is 5.82 Å². The van der Waals surface area contributed by atoms with E-state index in [2.05, 4.69) is 44.8 Å². The van der Waals surface area contributed by atoms with Gasteiger partial charge < -0.3 is 35.8 Å². The molecule has 1 fully saturated rings. The first-order valence-corrected chi connectivity index (χ1v) is 18.2. The van der Waals surface area contributed by atoms with Crippen molar-refractivity contribution in [2.45, 2.75) is 64.6 Å². The monoisotopic (exact) mass is 729 g/mol. The fraction of sp³-hybridized carbons (Fsp3) is 0.526. The summed E-state index contributed by atoms with van der Waals surface area (Å²) in [5.74, 6) is -0.0863. The lowest BCUT2D eigenvalue weighted by atomic mass is 10.0. The van der Waals surface area contributed by atoms with Crippen molar-refractivity contribution in [2.75, 3.05) is 67.4 Å². The van der Waals surface area contributed by atoms with Gasteiger partial charge in [-0.1, -0.05) is 19.1 Å². The normalized spacial score (nSPS) is 13.4. The topological polar surface area (TPSA) is 128 Å². The molecule has 0 unspecified atom stereocenters. The first kappa shape index (κ1) is 45.1. The highest BCUT2D eigenvalue weighted by atomic mass is 32.1. The molecule has 3 aromatic rings. The van der Waals surface area contributed by atoms with Crippen LogP contribution in [0.1, 0.15) is 78.0 Å². The molecule has 1 saturated carbocycles. The number of hydrogen-bond donors (Lipinski definition) is 4. The maximum atomic E-state index is 13.4. The fourth-order valence-electron chi connectivity index (χ4n) is 4.30. The molecule has 1 aromatic heterocycles. The Labute approximate surface area is 308 Å². The van der Waals surface area contributed by atoms with E-state index < -0.39 is 0 Å². The Balaban J connectivity index is 0.000000778. The standard InChI is InChI=1S/C28H36FN5O2S.C5H9NO.C3H9N.C2H6O/c1-6-18(2)30-15-24(14-25-16-37-17-31-25)33-28(36)22-11-21(12-26(13-22)34(4)5)27(35)32-19(3)20-7-9-23(29)10-8-20;7-4-6-3-5-1-2-5;1-4(2)3;1-3-2/h7-13,16-19,24,30H,6,14-15H2,1-5H3,(H,32,35)(H,33,36);4-5H,1-3H2,(H,6,7);1-3H3;1-2H3/t18-,19-,24+;;;/m1.../s1. The van der Waals surface area contributed by atoms with E-state index in [4.69, 9.17) is 0 Å². The average molecular weight is 730 g/mol. The Morgan fingerprint density at radius 1 is 1.00 bits per heavy atom. The zero-order valence-electron chi connectivity index (χ0n) is 32.1. The lowest BCUT2D eigenvalue weighted by Crippen LogP contribution is -2.45. The Kier molecular flexibility index (Phi) is 22.2. The lowest BCUT2D eigenvalue weighted by Gasteiger charge is -2.22. The zero-order chi connectivity index (χ0) is 38.3. The van der Waals surface area contributed by atoms with Crippen LogP contribution in [0.2, 0.25) is 0 Å². The Morgan fingerprint density at radius 2 is 1.57 bits per heavy atom. The first-order valence-electron chi connectivity index (χ1n) is 17.2. The van der Waals surface area contributed by atoms with E-state index in [-0.39, 0.29) is 29.7 Å². The quantitative estimate of drug-likeness (QED) is 0.158. The largest absolute Gasteiger partial charge is 0.388 e. The number of nitrogens with zero attached hydrogens (tertiary/aromatic N) is 3. The third-order valence-corrected chi connectivity index (χ3v) is 8.10. The maximum absolute atomic E-state index is 13.4. The summed E-state index contributed by atoms with van der Waals surface area (Å²) in [6, 6.07) is 11.0. The van der Waals surface area contributed by atoms with Gasteiger partial charge in [0, 0.05) is 82.1 Å². The van der Waals surface area contributed by atoms with E-state index >= 15 is 0 Å². The van der Waals surface area contributed by atoms with Gasteiger partial charge in [-0.05, 0) is 96.1 Å². The van der Waals surface area contributed by atoms with Crippen molar-refractivity contribution in [3.63, 3.8) is 0 Å². The van der Waals surface area contributed by atoms with Crippen LogP contribution in [0.25, 0.3) is 0 Å². The second kappa shape index (κ2) is 25.1. The number of methoxy groups -OCH3 is 1. The highest BCUT2D eigenvalue weighted by molar-refractivity contribution is 7.07. The number of rotatable bonds is 15. The van der Waals surface area contributed by atoms with Crippen molar-refractivity contribution < 1.29 is 23.5 Å². The second-order valence-electron chi connectivity index (χ2n) is 13.2. The number of hydrogen-bond acceptors (Lipinski definition) is 9. The predicted octanol–water partition coefficient (Wildman–Crippen LogP) is 5.15. The molecular formula is C38H60FN7O4S. The van der Waals surface area contributed by atoms with Crippen LogP contribution in [0.3, 0.4) is 0 Å². The molecule has 1 aliphatic rings. The van der Waals surface area contributed by atoms with Gasteiger partial charge in [-0.2, -0.15) is 0 Å². The molecule has 2 aromatic carbocycles. The van der Waals surface area contributed by atoms with E-state index in [1.807, 2.05) is 57.3 Å². The summed E-state index contributed by atoms with van der Waals surface area (Å²) < 4.78 is 17.5. The summed E-state index contributed by atoms with van der Waals surface area (Å²) in [7, 11) is 13.0. The molecule has 0 bridgehead atoms. The number of benzene rings is 2. The van der Waals surface area contributed by atoms with Crippen molar-refractivity contribution in [3.05, 3.63) is 81.6 Å². The van der Waals surface area contributed by atoms with E-state index in [1.54, 1.807) is 50.1 Å². The third-order valence-electron chi connectivity index (χ3n) is 7.46. The molecule has 4 N–H and O–H groups in total. The van der Waals surface area contributed by atoms with Crippen LogP contribution in [0, 0.1) is 11.7 Å². The number of carbonyl (C=O) groups excluding carboxylic acids is 3. The van der Waals surface area contributed by atoms with Crippen LogP contribution >= 0.6 is 11.3 Å². The Hall–Kier alpha value is -3.91. The number of halogens is 1. The van der Waals surface area contributed by atoms with Crippen molar-refractivity contribution in [1.29, 1.82) is 0 Å². The van der Waals surface area contributed by atoms with E-state index in [1.165, 1.54) is 36.3 Å².